The largest absolute Gasteiger partial charge is 0.393 e. The van der Waals surface area contributed by atoms with Crippen LogP contribution in [-0.2, 0) is 7.05 Å². The topological polar surface area (TPSA) is 71.3 Å². The average molecular weight is 278 g/mol. The van der Waals surface area contributed by atoms with Gasteiger partial charge in [-0.3, -0.25) is 9.59 Å². The maximum absolute atomic E-state index is 12.1. The molecule has 2 rings (SSSR count). The smallest absolute Gasteiger partial charge is 0.267 e. The SMILES string of the molecule is CC(=O)c1cc(C(=O)NCC2CCC(O)CC2)n(C)c1. The van der Waals surface area contributed by atoms with E-state index in [1.807, 2.05) is 0 Å². The molecule has 0 saturated heterocycles. The van der Waals surface area contributed by atoms with Crippen LogP contribution in [-0.4, -0.2) is 34.0 Å². The number of aromatic nitrogens is 1. The standard InChI is InChI=1S/C15H22N2O3/c1-10(18)12-7-14(17(2)9-12)15(20)16-8-11-3-5-13(19)6-4-11/h7,9,11,13,19H,3-6,8H2,1-2H3,(H,16,20). The molecule has 0 unspecified atom stereocenters. The number of ketones is 1. The number of aliphatic hydroxyl groups excluding tert-OH is 1. The maximum atomic E-state index is 12.1. The van der Waals surface area contributed by atoms with Gasteiger partial charge in [-0.05, 0) is 44.6 Å². The second-order valence-corrected chi connectivity index (χ2v) is 5.67. The minimum atomic E-state index is -0.173. The normalized spacial score (nSPS) is 22.6. The lowest BCUT2D eigenvalue weighted by Gasteiger charge is -2.25. The summed E-state index contributed by atoms with van der Waals surface area (Å²) in [5.41, 5.74) is 1.06. The first kappa shape index (κ1) is 14.8. The molecule has 0 bridgehead atoms. The number of hydrogen-bond acceptors (Lipinski definition) is 3. The Hall–Kier alpha value is -1.62. The summed E-state index contributed by atoms with van der Waals surface area (Å²) in [4.78, 5) is 23.4. The molecule has 5 nitrogen and oxygen atoms in total. The molecule has 1 aliphatic rings. The summed E-state index contributed by atoms with van der Waals surface area (Å²) in [6.45, 7) is 2.12. The van der Waals surface area contributed by atoms with Gasteiger partial charge in [0.05, 0.1) is 6.10 Å². The highest BCUT2D eigenvalue weighted by atomic mass is 16.3. The maximum Gasteiger partial charge on any atom is 0.267 e. The lowest BCUT2D eigenvalue weighted by Crippen LogP contribution is -2.32. The van der Waals surface area contributed by atoms with Gasteiger partial charge in [-0.25, -0.2) is 0 Å². The van der Waals surface area contributed by atoms with Crippen LogP contribution >= 0.6 is 0 Å². The number of aryl methyl sites for hydroxylation is 1. The summed E-state index contributed by atoms with van der Waals surface area (Å²) in [5.74, 6) is 0.252. The van der Waals surface area contributed by atoms with Crippen molar-refractivity contribution in [1.82, 2.24) is 9.88 Å². The van der Waals surface area contributed by atoms with E-state index in [0.29, 0.717) is 23.7 Å². The number of rotatable bonds is 4. The average Bonchev–Trinajstić information content (AvgIpc) is 2.80. The summed E-state index contributed by atoms with van der Waals surface area (Å²) < 4.78 is 1.68. The lowest BCUT2D eigenvalue weighted by molar-refractivity contribution is 0.0903. The zero-order chi connectivity index (χ0) is 14.7. The molecular weight excluding hydrogens is 256 g/mol. The Morgan fingerprint density at radius 2 is 2.00 bits per heavy atom. The minimum absolute atomic E-state index is 0.0408. The third-order valence-corrected chi connectivity index (χ3v) is 4.01. The molecule has 1 aromatic heterocycles. The highest BCUT2D eigenvalue weighted by molar-refractivity contribution is 5.99. The number of nitrogens with zero attached hydrogens (tertiary/aromatic N) is 1. The zero-order valence-corrected chi connectivity index (χ0v) is 12.1. The Kier molecular flexibility index (Phi) is 4.60. The summed E-state index contributed by atoms with van der Waals surface area (Å²) in [7, 11) is 1.76. The molecule has 5 heteroatoms. The first-order valence-corrected chi connectivity index (χ1v) is 7.11. The van der Waals surface area contributed by atoms with Crippen molar-refractivity contribution in [3.8, 4) is 0 Å². The van der Waals surface area contributed by atoms with Crippen LogP contribution < -0.4 is 5.32 Å². The van der Waals surface area contributed by atoms with E-state index in [0.717, 1.165) is 25.7 Å². The molecule has 20 heavy (non-hydrogen) atoms. The van der Waals surface area contributed by atoms with Crippen LogP contribution in [0.4, 0.5) is 0 Å². The van der Waals surface area contributed by atoms with Crippen molar-refractivity contribution in [2.75, 3.05) is 6.54 Å². The van der Waals surface area contributed by atoms with Crippen LogP contribution in [0.2, 0.25) is 0 Å². The van der Waals surface area contributed by atoms with Gasteiger partial charge in [0.2, 0.25) is 0 Å². The van der Waals surface area contributed by atoms with E-state index in [1.54, 1.807) is 23.9 Å². The van der Waals surface area contributed by atoms with Gasteiger partial charge in [-0.1, -0.05) is 0 Å². The van der Waals surface area contributed by atoms with Crippen molar-refractivity contribution in [2.24, 2.45) is 13.0 Å². The molecule has 110 valence electrons. The number of carbonyl (C=O) groups excluding carboxylic acids is 2. The summed E-state index contributed by atoms with van der Waals surface area (Å²) in [5, 5.41) is 12.4. The Bertz CT molecular complexity index is 499. The fourth-order valence-corrected chi connectivity index (χ4v) is 2.66. The summed E-state index contributed by atoms with van der Waals surface area (Å²) in [6.07, 6.45) is 5.04. The predicted molar refractivity (Wildman–Crippen MR) is 75.7 cm³/mol. The van der Waals surface area contributed by atoms with Gasteiger partial charge >= 0.3 is 0 Å². The van der Waals surface area contributed by atoms with Crippen LogP contribution in [0.1, 0.15) is 53.5 Å². The van der Waals surface area contributed by atoms with E-state index < -0.39 is 0 Å². The molecule has 0 atom stereocenters. The summed E-state index contributed by atoms with van der Waals surface area (Å²) >= 11 is 0. The lowest BCUT2D eigenvalue weighted by atomic mass is 9.87. The highest BCUT2D eigenvalue weighted by Crippen LogP contribution is 2.23. The third kappa shape index (κ3) is 3.48. The molecule has 1 aromatic rings. The van der Waals surface area contributed by atoms with Gasteiger partial charge in [0.25, 0.3) is 5.91 Å². The monoisotopic (exact) mass is 278 g/mol. The molecule has 1 aliphatic carbocycles. The molecule has 1 heterocycles. The molecular formula is C15H22N2O3. The van der Waals surface area contributed by atoms with Crippen LogP contribution in [0.3, 0.4) is 0 Å². The van der Waals surface area contributed by atoms with Gasteiger partial charge in [-0.2, -0.15) is 0 Å². The molecule has 0 aromatic carbocycles. The third-order valence-electron chi connectivity index (χ3n) is 4.01. The number of aliphatic hydroxyl groups is 1. The number of Topliss-reactive ketones (excluding diaryl/α,β-unsaturated/α-hetero) is 1. The Labute approximate surface area is 119 Å². The molecule has 0 radical (unpaired) electrons. The van der Waals surface area contributed by atoms with Crippen LogP contribution in [0, 0.1) is 5.92 Å². The van der Waals surface area contributed by atoms with E-state index in [1.165, 1.54) is 6.92 Å². The predicted octanol–water partition coefficient (Wildman–Crippen LogP) is 1.51. The van der Waals surface area contributed by atoms with E-state index in [2.05, 4.69) is 5.32 Å². The van der Waals surface area contributed by atoms with E-state index in [9.17, 15) is 14.7 Å². The zero-order valence-electron chi connectivity index (χ0n) is 12.1. The molecule has 0 spiro atoms. The van der Waals surface area contributed by atoms with E-state index in [-0.39, 0.29) is 17.8 Å². The number of nitrogens with one attached hydrogen (secondary N) is 1. The van der Waals surface area contributed by atoms with Crippen molar-refractivity contribution < 1.29 is 14.7 Å². The van der Waals surface area contributed by atoms with Gasteiger partial charge in [0, 0.05) is 25.4 Å². The fourth-order valence-electron chi connectivity index (χ4n) is 2.66. The Balaban J connectivity index is 1.90. The second kappa shape index (κ2) is 6.22. The van der Waals surface area contributed by atoms with Crippen molar-refractivity contribution in [2.45, 2.75) is 38.7 Å². The summed E-state index contributed by atoms with van der Waals surface area (Å²) in [6, 6.07) is 1.63. The quantitative estimate of drug-likeness (QED) is 0.820. The van der Waals surface area contributed by atoms with Crippen LogP contribution in [0.15, 0.2) is 12.3 Å². The van der Waals surface area contributed by atoms with Crippen molar-refractivity contribution in [3.05, 3.63) is 23.5 Å². The molecule has 1 saturated carbocycles. The van der Waals surface area contributed by atoms with Crippen molar-refractivity contribution in [3.63, 3.8) is 0 Å². The van der Waals surface area contributed by atoms with Gasteiger partial charge in [-0.15, -0.1) is 0 Å². The van der Waals surface area contributed by atoms with Crippen LogP contribution in [0.25, 0.3) is 0 Å². The van der Waals surface area contributed by atoms with Gasteiger partial charge in [0.15, 0.2) is 5.78 Å². The first-order valence-electron chi connectivity index (χ1n) is 7.11. The van der Waals surface area contributed by atoms with Crippen molar-refractivity contribution in [1.29, 1.82) is 0 Å². The molecule has 0 aliphatic heterocycles. The van der Waals surface area contributed by atoms with E-state index >= 15 is 0 Å². The number of amides is 1. The highest BCUT2D eigenvalue weighted by Gasteiger charge is 2.20. The minimum Gasteiger partial charge on any atom is -0.393 e. The Morgan fingerprint density at radius 3 is 2.55 bits per heavy atom. The fraction of sp³-hybridized carbons (Fsp3) is 0.600. The van der Waals surface area contributed by atoms with E-state index in [4.69, 9.17) is 0 Å². The van der Waals surface area contributed by atoms with Crippen LogP contribution in [0.5, 0.6) is 0 Å². The number of carbonyl (C=O) groups is 2. The van der Waals surface area contributed by atoms with Gasteiger partial charge < -0.3 is 15.0 Å². The number of hydrogen-bond donors (Lipinski definition) is 2. The molecule has 2 N–H and O–H groups in total. The van der Waals surface area contributed by atoms with Crippen molar-refractivity contribution >= 4 is 11.7 Å². The molecule has 1 fully saturated rings. The van der Waals surface area contributed by atoms with Gasteiger partial charge in [0.1, 0.15) is 5.69 Å². The second-order valence-electron chi connectivity index (χ2n) is 5.67. The first-order chi connectivity index (χ1) is 9.47. The Morgan fingerprint density at radius 1 is 1.35 bits per heavy atom. The molecule has 1 amide bonds.